The van der Waals surface area contributed by atoms with Crippen molar-refractivity contribution in [1.29, 1.82) is 0 Å². The van der Waals surface area contributed by atoms with Crippen LogP contribution in [0.2, 0.25) is 0 Å². The highest BCUT2D eigenvalue weighted by Crippen LogP contribution is 2.55. The van der Waals surface area contributed by atoms with Crippen LogP contribution in [-0.4, -0.2) is 24.4 Å². The lowest BCUT2D eigenvalue weighted by atomic mass is 9.68. The summed E-state index contributed by atoms with van der Waals surface area (Å²) in [7, 11) is 0. The van der Waals surface area contributed by atoms with Crippen LogP contribution in [0.15, 0.2) is 22.5 Å². The van der Waals surface area contributed by atoms with E-state index in [0.717, 1.165) is 30.0 Å². The monoisotopic (exact) mass is 319 g/mol. The number of hydrogen-bond acceptors (Lipinski definition) is 5. The van der Waals surface area contributed by atoms with E-state index in [9.17, 15) is 0 Å². The molecule has 1 aromatic rings. The number of rotatable bonds is 2. The summed E-state index contributed by atoms with van der Waals surface area (Å²) in [6, 6.07) is 4.52. The molecule has 5 nitrogen and oxygen atoms in total. The smallest absolute Gasteiger partial charge is 0.231 e. The van der Waals surface area contributed by atoms with Crippen molar-refractivity contribution in [2.75, 3.05) is 13.3 Å². The van der Waals surface area contributed by atoms with Crippen LogP contribution < -0.4 is 9.47 Å². The van der Waals surface area contributed by atoms with Crippen LogP contribution in [-0.2, 0) is 11.4 Å². The molecule has 1 aromatic carbocycles. The zero-order valence-electron chi connectivity index (χ0n) is 12.3. The maximum absolute atomic E-state index is 6.25. The van der Waals surface area contributed by atoms with E-state index in [-0.39, 0.29) is 12.3 Å². The van der Waals surface area contributed by atoms with E-state index >= 15 is 0 Å². The molecule has 3 aliphatic heterocycles. The zero-order valence-corrected chi connectivity index (χ0v) is 13.1. The minimum absolute atomic E-state index is 0.245. The Morgan fingerprint density at radius 3 is 3.00 bits per heavy atom. The molecule has 4 aliphatic rings. The highest BCUT2D eigenvalue weighted by atomic mass is 35.5. The zero-order chi connectivity index (χ0) is 14.7. The van der Waals surface area contributed by atoms with Crippen molar-refractivity contribution in [2.24, 2.45) is 16.3 Å². The van der Waals surface area contributed by atoms with Crippen LogP contribution in [0.4, 0.5) is 0 Å². The standard InChI is InChI=1S/C16H18ClN3O2/c17-8-11-6-13-14(22-9-21-13)7-12(11)16-4-1-2-10-3-5-20(15(10)16)19-18-16/h6-7,10,15H,1-5,8-9H2/t10-,15+,16+/m1/s1. The third kappa shape index (κ3) is 1.55. The molecule has 6 heteroatoms. The first kappa shape index (κ1) is 13.0. The number of nitrogens with zero attached hydrogens (tertiary/aromatic N) is 3. The normalized spacial score (nSPS) is 34.3. The maximum Gasteiger partial charge on any atom is 0.231 e. The molecule has 0 bridgehead atoms. The second-order valence-corrected chi connectivity index (χ2v) is 6.93. The number of benzene rings is 1. The minimum Gasteiger partial charge on any atom is -0.454 e. The van der Waals surface area contributed by atoms with Gasteiger partial charge in [0.05, 0.1) is 6.04 Å². The van der Waals surface area contributed by atoms with Gasteiger partial charge in [-0.3, -0.25) is 5.01 Å². The molecule has 0 radical (unpaired) electrons. The van der Waals surface area contributed by atoms with Gasteiger partial charge in [-0.15, -0.1) is 11.6 Å². The second kappa shape index (κ2) is 4.51. The molecule has 116 valence electrons. The molecule has 3 atom stereocenters. The highest BCUT2D eigenvalue weighted by molar-refractivity contribution is 6.17. The molecule has 0 N–H and O–H groups in total. The van der Waals surface area contributed by atoms with E-state index in [2.05, 4.69) is 16.3 Å². The fourth-order valence-electron chi connectivity index (χ4n) is 4.75. The first-order chi connectivity index (χ1) is 10.8. The SMILES string of the molecule is ClCc1cc2c(cc1[C@]13CCC[C@@H]4CCN(N=N1)[C@@H]43)OCO2. The van der Waals surface area contributed by atoms with Gasteiger partial charge in [-0.05, 0) is 48.4 Å². The molecular weight excluding hydrogens is 302 g/mol. The Bertz CT molecular complexity index is 665. The van der Waals surface area contributed by atoms with Crippen LogP contribution in [0.5, 0.6) is 11.5 Å². The number of halogens is 1. The van der Waals surface area contributed by atoms with Gasteiger partial charge in [-0.1, -0.05) is 11.6 Å². The van der Waals surface area contributed by atoms with E-state index in [4.69, 9.17) is 26.2 Å². The molecule has 1 saturated heterocycles. The fraction of sp³-hybridized carbons (Fsp3) is 0.625. The van der Waals surface area contributed by atoms with Gasteiger partial charge >= 0.3 is 0 Å². The summed E-state index contributed by atoms with van der Waals surface area (Å²) in [4.78, 5) is 0. The maximum atomic E-state index is 6.25. The summed E-state index contributed by atoms with van der Waals surface area (Å²) < 4.78 is 11.1. The van der Waals surface area contributed by atoms with Crippen molar-refractivity contribution in [1.82, 2.24) is 5.01 Å². The third-order valence-electron chi connectivity index (χ3n) is 5.67. The van der Waals surface area contributed by atoms with Gasteiger partial charge < -0.3 is 9.47 Å². The Morgan fingerprint density at radius 1 is 1.27 bits per heavy atom. The predicted molar refractivity (Wildman–Crippen MR) is 81.1 cm³/mol. The summed E-state index contributed by atoms with van der Waals surface area (Å²) in [5, 5.41) is 11.5. The average molecular weight is 320 g/mol. The number of hydrogen-bond donors (Lipinski definition) is 0. The van der Waals surface area contributed by atoms with E-state index in [1.54, 1.807) is 0 Å². The lowest BCUT2D eigenvalue weighted by Crippen LogP contribution is -2.46. The Morgan fingerprint density at radius 2 is 2.14 bits per heavy atom. The van der Waals surface area contributed by atoms with Crippen LogP contribution in [0.1, 0.15) is 36.8 Å². The Kier molecular flexibility index (Phi) is 2.66. The van der Waals surface area contributed by atoms with Crippen molar-refractivity contribution < 1.29 is 9.47 Å². The van der Waals surface area contributed by atoms with E-state index in [0.29, 0.717) is 17.8 Å². The van der Waals surface area contributed by atoms with Crippen LogP contribution in [0, 0.1) is 5.92 Å². The first-order valence-electron chi connectivity index (χ1n) is 8.00. The largest absolute Gasteiger partial charge is 0.454 e. The van der Waals surface area contributed by atoms with Crippen molar-refractivity contribution >= 4 is 11.6 Å². The summed E-state index contributed by atoms with van der Waals surface area (Å²) >= 11 is 6.25. The number of fused-ring (bicyclic) bond motifs is 1. The lowest BCUT2D eigenvalue weighted by Gasteiger charge is -2.40. The van der Waals surface area contributed by atoms with Gasteiger partial charge in [0.1, 0.15) is 5.54 Å². The van der Waals surface area contributed by atoms with Gasteiger partial charge in [0.2, 0.25) is 6.79 Å². The van der Waals surface area contributed by atoms with Crippen LogP contribution in [0.25, 0.3) is 0 Å². The van der Waals surface area contributed by atoms with Crippen LogP contribution >= 0.6 is 11.6 Å². The van der Waals surface area contributed by atoms with Crippen LogP contribution in [0.3, 0.4) is 0 Å². The Balaban J connectivity index is 1.68. The number of alkyl halides is 1. The molecular formula is C16H18ClN3O2. The lowest BCUT2D eigenvalue weighted by molar-refractivity contribution is 0.144. The molecule has 3 heterocycles. The topological polar surface area (TPSA) is 46.4 Å². The second-order valence-electron chi connectivity index (χ2n) is 6.66. The molecule has 0 spiro atoms. The molecule has 5 rings (SSSR count). The average Bonchev–Trinajstić information content (AvgIpc) is 3.26. The molecule has 22 heavy (non-hydrogen) atoms. The first-order valence-corrected chi connectivity index (χ1v) is 8.54. The van der Waals surface area contributed by atoms with E-state index < -0.39 is 0 Å². The highest BCUT2D eigenvalue weighted by Gasteiger charge is 2.57. The predicted octanol–water partition coefficient (Wildman–Crippen LogP) is 3.60. The molecule has 2 fully saturated rings. The Labute approximate surface area is 134 Å². The van der Waals surface area contributed by atoms with Gasteiger partial charge in [0, 0.05) is 12.4 Å². The fourth-order valence-corrected chi connectivity index (χ4v) is 4.97. The molecule has 1 saturated carbocycles. The third-order valence-corrected chi connectivity index (χ3v) is 5.95. The number of ether oxygens (including phenoxy) is 2. The molecule has 0 amide bonds. The summed E-state index contributed by atoms with van der Waals surface area (Å²) in [6.07, 6.45) is 4.75. The van der Waals surface area contributed by atoms with Crippen molar-refractivity contribution in [3.05, 3.63) is 23.3 Å². The van der Waals surface area contributed by atoms with Crippen molar-refractivity contribution in [2.45, 2.75) is 43.1 Å². The summed E-state index contributed by atoms with van der Waals surface area (Å²) in [5.41, 5.74) is 2.04. The molecule has 0 unspecified atom stereocenters. The van der Waals surface area contributed by atoms with E-state index in [1.807, 2.05) is 6.07 Å². The molecule has 1 aliphatic carbocycles. The van der Waals surface area contributed by atoms with Gasteiger partial charge in [-0.25, -0.2) is 0 Å². The minimum atomic E-state index is -0.245. The Hall–Kier alpha value is -1.49. The van der Waals surface area contributed by atoms with Gasteiger partial charge in [0.15, 0.2) is 11.5 Å². The van der Waals surface area contributed by atoms with Gasteiger partial charge in [0.25, 0.3) is 0 Å². The van der Waals surface area contributed by atoms with Crippen molar-refractivity contribution in [3.8, 4) is 11.5 Å². The van der Waals surface area contributed by atoms with E-state index in [1.165, 1.54) is 24.8 Å². The summed E-state index contributed by atoms with van der Waals surface area (Å²) in [5.74, 6) is 2.76. The molecule has 0 aromatic heterocycles. The summed E-state index contributed by atoms with van der Waals surface area (Å²) in [6.45, 7) is 1.31. The quantitative estimate of drug-likeness (QED) is 0.782. The van der Waals surface area contributed by atoms with Gasteiger partial charge in [-0.2, -0.15) is 5.11 Å². The van der Waals surface area contributed by atoms with Crippen molar-refractivity contribution in [3.63, 3.8) is 0 Å².